The number of fused-ring (bicyclic) bond motifs is 1. The first kappa shape index (κ1) is 16.2. The number of hydrogen-bond acceptors (Lipinski definition) is 6. The summed E-state index contributed by atoms with van der Waals surface area (Å²) in [7, 11) is 0. The minimum Gasteiger partial charge on any atom is -0.368 e. The van der Waals surface area contributed by atoms with Crippen molar-refractivity contribution in [1.82, 2.24) is 24.5 Å². The van der Waals surface area contributed by atoms with Gasteiger partial charge < -0.3 is 9.64 Å². The molecule has 130 valence electrons. The summed E-state index contributed by atoms with van der Waals surface area (Å²) in [6, 6.07) is 10.6. The normalized spacial score (nSPS) is 17.2. The maximum atomic E-state index is 12.8. The van der Waals surface area contributed by atoms with E-state index in [4.69, 9.17) is 10.00 Å². The molecule has 4 rings (SSSR count). The molecule has 1 amide bonds. The fourth-order valence-electron chi connectivity index (χ4n) is 3.07. The molecule has 0 radical (unpaired) electrons. The summed E-state index contributed by atoms with van der Waals surface area (Å²) in [6.45, 7) is 3.25. The Balaban J connectivity index is 1.59. The van der Waals surface area contributed by atoms with E-state index in [2.05, 4.69) is 21.1 Å². The number of nitrogens with zero attached hydrogens (tertiary/aromatic N) is 6. The molecular formula is C18H16N6O2. The Hall–Kier alpha value is -3.31. The highest BCUT2D eigenvalue weighted by Crippen LogP contribution is 2.24. The summed E-state index contributed by atoms with van der Waals surface area (Å²) in [5.74, 6) is 0.433. The van der Waals surface area contributed by atoms with Crippen molar-refractivity contribution in [3.05, 3.63) is 59.2 Å². The lowest BCUT2D eigenvalue weighted by Crippen LogP contribution is -2.42. The first-order valence-electron chi connectivity index (χ1n) is 8.24. The fraction of sp³-hybridized carbons (Fsp3) is 0.278. The third-order valence-electron chi connectivity index (χ3n) is 4.35. The largest absolute Gasteiger partial charge is 0.368 e. The van der Waals surface area contributed by atoms with E-state index in [0.29, 0.717) is 36.6 Å². The van der Waals surface area contributed by atoms with Gasteiger partial charge in [0.1, 0.15) is 12.4 Å². The summed E-state index contributed by atoms with van der Waals surface area (Å²) in [4.78, 5) is 23.0. The molecule has 1 unspecified atom stereocenters. The van der Waals surface area contributed by atoms with E-state index in [1.807, 2.05) is 13.0 Å². The van der Waals surface area contributed by atoms with Crippen LogP contribution in [0.25, 0.3) is 5.78 Å². The maximum Gasteiger partial charge on any atom is 0.254 e. The summed E-state index contributed by atoms with van der Waals surface area (Å²) in [5.41, 5.74) is 2.73. The second-order valence-corrected chi connectivity index (χ2v) is 6.09. The molecule has 3 heterocycles. The Bertz CT molecular complexity index is 1000. The smallest absolute Gasteiger partial charge is 0.254 e. The lowest BCUT2D eigenvalue weighted by molar-refractivity contribution is -0.0257. The summed E-state index contributed by atoms with van der Waals surface area (Å²) < 4.78 is 7.54. The van der Waals surface area contributed by atoms with Gasteiger partial charge in [0.2, 0.25) is 0 Å². The highest BCUT2D eigenvalue weighted by molar-refractivity contribution is 5.94. The Morgan fingerprint density at radius 3 is 2.92 bits per heavy atom. The molecule has 1 saturated heterocycles. The van der Waals surface area contributed by atoms with Crippen LogP contribution >= 0.6 is 0 Å². The van der Waals surface area contributed by atoms with Gasteiger partial charge in [0.15, 0.2) is 0 Å². The molecule has 0 bridgehead atoms. The quantitative estimate of drug-likeness (QED) is 0.696. The Morgan fingerprint density at radius 1 is 1.35 bits per heavy atom. The van der Waals surface area contributed by atoms with Crippen LogP contribution in [0.5, 0.6) is 0 Å². The van der Waals surface area contributed by atoms with Crippen molar-refractivity contribution in [2.24, 2.45) is 0 Å². The van der Waals surface area contributed by atoms with E-state index in [9.17, 15) is 4.79 Å². The number of morpholine rings is 1. The Labute approximate surface area is 149 Å². The fourth-order valence-corrected chi connectivity index (χ4v) is 3.07. The van der Waals surface area contributed by atoms with E-state index in [1.54, 1.807) is 33.7 Å². The van der Waals surface area contributed by atoms with Gasteiger partial charge in [-0.2, -0.15) is 19.9 Å². The maximum absolute atomic E-state index is 12.8. The van der Waals surface area contributed by atoms with Gasteiger partial charge in [-0.05, 0) is 37.3 Å². The third kappa shape index (κ3) is 2.89. The van der Waals surface area contributed by atoms with Crippen LogP contribution in [0.15, 0.2) is 36.7 Å². The van der Waals surface area contributed by atoms with E-state index < -0.39 is 0 Å². The van der Waals surface area contributed by atoms with Crippen LogP contribution in [0.1, 0.15) is 33.4 Å². The highest BCUT2D eigenvalue weighted by atomic mass is 16.5. The number of aryl methyl sites for hydroxylation is 1. The number of hydrogen-bond donors (Lipinski definition) is 0. The lowest BCUT2D eigenvalue weighted by atomic mass is 10.1. The van der Waals surface area contributed by atoms with Crippen LogP contribution in [0, 0.1) is 18.3 Å². The number of amides is 1. The molecule has 1 aliphatic heterocycles. The zero-order valence-electron chi connectivity index (χ0n) is 14.2. The molecular weight excluding hydrogens is 332 g/mol. The molecule has 8 nitrogen and oxygen atoms in total. The van der Waals surface area contributed by atoms with Crippen molar-refractivity contribution in [2.45, 2.75) is 13.0 Å². The molecule has 26 heavy (non-hydrogen) atoms. The van der Waals surface area contributed by atoms with E-state index in [0.717, 1.165) is 11.4 Å². The van der Waals surface area contributed by atoms with Crippen molar-refractivity contribution in [3.63, 3.8) is 0 Å². The molecule has 1 aromatic carbocycles. The molecule has 1 fully saturated rings. The van der Waals surface area contributed by atoms with Gasteiger partial charge in [-0.1, -0.05) is 0 Å². The summed E-state index contributed by atoms with van der Waals surface area (Å²) in [6.07, 6.45) is 1.14. The van der Waals surface area contributed by atoms with Crippen molar-refractivity contribution < 1.29 is 9.53 Å². The lowest BCUT2D eigenvalue weighted by Gasteiger charge is -2.33. The number of carbonyl (C=O) groups is 1. The van der Waals surface area contributed by atoms with Gasteiger partial charge in [0.25, 0.3) is 11.7 Å². The van der Waals surface area contributed by atoms with Gasteiger partial charge in [-0.25, -0.2) is 4.98 Å². The topological polar surface area (TPSA) is 96.4 Å². The molecule has 1 aliphatic rings. The number of aromatic nitrogens is 4. The number of rotatable bonds is 2. The number of benzene rings is 1. The van der Waals surface area contributed by atoms with Crippen molar-refractivity contribution in [2.75, 3.05) is 19.7 Å². The van der Waals surface area contributed by atoms with Crippen LogP contribution in [-0.2, 0) is 4.74 Å². The number of ether oxygens (including phenoxy) is 1. The van der Waals surface area contributed by atoms with Gasteiger partial charge in [-0.3, -0.25) is 4.79 Å². The van der Waals surface area contributed by atoms with Crippen LogP contribution in [0.3, 0.4) is 0 Å². The van der Waals surface area contributed by atoms with Crippen LogP contribution in [-0.4, -0.2) is 50.1 Å². The van der Waals surface area contributed by atoms with Gasteiger partial charge in [-0.15, -0.1) is 0 Å². The standard InChI is InChI=1S/C18H16N6O2/c1-12-8-15(24-18(22-12)20-11-21-24)16-10-23(6-7-26-16)17(25)14-4-2-13(9-19)3-5-14/h2-5,8,11,16H,6-7,10H2,1H3. The molecule has 1 atom stereocenters. The molecule has 0 spiro atoms. The average Bonchev–Trinajstić information content (AvgIpc) is 3.15. The Morgan fingerprint density at radius 2 is 2.15 bits per heavy atom. The molecule has 8 heteroatoms. The predicted octanol–water partition coefficient (Wildman–Crippen LogP) is 1.52. The molecule has 0 aliphatic carbocycles. The van der Waals surface area contributed by atoms with Gasteiger partial charge >= 0.3 is 0 Å². The monoisotopic (exact) mass is 348 g/mol. The molecule has 3 aromatic rings. The molecule has 2 aromatic heterocycles. The van der Waals surface area contributed by atoms with E-state index in [1.165, 1.54) is 6.33 Å². The van der Waals surface area contributed by atoms with Crippen molar-refractivity contribution >= 4 is 11.7 Å². The summed E-state index contributed by atoms with van der Waals surface area (Å²) >= 11 is 0. The predicted molar refractivity (Wildman–Crippen MR) is 91.3 cm³/mol. The zero-order valence-corrected chi connectivity index (χ0v) is 14.2. The Kier molecular flexibility index (Phi) is 4.07. The first-order valence-corrected chi connectivity index (χ1v) is 8.24. The number of carbonyl (C=O) groups excluding carboxylic acids is 1. The van der Waals surface area contributed by atoms with Gasteiger partial charge in [0, 0.05) is 17.8 Å². The van der Waals surface area contributed by atoms with Crippen molar-refractivity contribution in [1.29, 1.82) is 5.26 Å². The molecule has 0 saturated carbocycles. The molecule has 0 N–H and O–H groups in total. The van der Waals surface area contributed by atoms with E-state index >= 15 is 0 Å². The van der Waals surface area contributed by atoms with E-state index in [-0.39, 0.29) is 12.0 Å². The second-order valence-electron chi connectivity index (χ2n) is 6.09. The highest BCUT2D eigenvalue weighted by Gasteiger charge is 2.28. The first-order chi connectivity index (χ1) is 12.7. The minimum absolute atomic E-state index is 0.0802. The zero-order chi connectivity index (χ0) is 18.1. The third-order valence-corrected chi connectivity index (χ3v) is 4.35. The van der Waals surface area contributed by atoms with Crippen LogP contribution in [0.4, 0.5) is 0 Å². The van der Waals surface area contributed by atoms with Crippen LogP contribution in [0.2, 0.25) is 0 Å². The number of nitriles is 1. The second kappa shape index (κ2) is 6.54. The van der Waals surface area contributed by atoms with Crippen LogP contribution < -0.4 is 0 Å². The van der Waals surface area contributed by atoms with Crippen molar-refractivity contribution in [3.8, 4) is 6.07 Å². The minimum atomic E-state index is -0.308. The SMILES string of the molecule is Cc1cc(C2CN(C(=O)c3ccc(C#N)cc3)CCO2)n2ncnc2n1. The average molecular weight is 348 g/mol. The summed E-state index contributed by atoms with van der Waals surface area (Å²) in [5, 5.41) is 13.1. The van der Waals surface area contributed by atoms with Gasteiger partial charge in [0.05, 0.1) is 30.5 Å².